The summed E-state index contributed by atoms with van der Waals surface area (Å²) in [6, 6.07) is 5.59. The summed E-state index contributed by atoms with van der Waals surface area (Å²) in [5, 5.41) is 0. The highest BCUT2D eigenvalue weighted by molar-refractivity contribution is 5.26. The molecule has 1 spiro atoms. The fraction of sp³-hybridized carbons (Fsp3) is 0.667. The van der Waals surface area contributed by atoms with E-state index in [1.54, 1.807) is 6.07 Å². The average molecular weight is 438 g/mol. The van der Waals surface area contributed by atoms with Gasteiger partial charge in [-0.3, -0.25) is 0 Å². The summed E-state index contributed by atoms with van der Waals surface area (Å²) < 4.78 is 51.3. The van der Waals surface area contributed by atoms with Crippen molar-refractivity contribution in [3.05, 3.63) is 47.2 Å². The zero-order valence-corrected chi connectivity index (χ0v) is 17.9. The number of alkyl halides is 3. The van der Waals surface area contributed by atoms with Crippen molar-refractivity contribution in [3.63, 3.8) is 0 Å². The minimum atomic E-state index is -4.32. The molecule has 1 aromatic carbocycles. The van der Waals surface area contributed by atoms with Gasteiger partial charge in [-0.15, -0.1) is 0 Å². The van der Waals surface area contributed by atoms with Crippen LogP contribution in [0.25, 0.3) is 0 Å². The summed E-state index contributed by atoms with van der Waals surface area (Å²) in [6.45, 7) is 4.16. The summed E-state index contributed by atoms with van der Waals surface area (Å²) in [4.78, 5) is 11.9. The molecule has 31 heavy (non-hydrogen) atoms. The second kappa shape index (κ2) is 7.49. The quantitative estimate of drug-likeness (QED) is 0.528. The van der Waals surface area contributed by atoms with Crippen LogP contribution in [-0.4, -0.2) is 17.7 Å². The molecule has 4 aliphatic heterocycles. The molecule has 5 aliphatic rings. The Kier molecular flexibility index (Phi) is 5.14. The second-order valence-corrected chi connectivity index (χ2v) is 9.74. The Morgan fingerprint density at radius 2 is 1.94 bits per heavy atom. The molecule has 3 saturated heterocycles. The first kappa shape index (κ1) is 21.3. The molecule has 4 fully saturated rings. The van der Waals surface area contributed by atoms with E-state index in [1.165, 1.54) is 12.1 Å². The van der Waals surface area contributed by atoms with E-state index in [2.05, 4.69) is 6.92 Å². The summed E-state index contributed by atoms with van der Waals surface area (Å²) in [5.41, 5.74) is 0.609. The molecule has 4 nitrogen and oxygen atoms in total. The molecule has 6 unspecified atom stereocenters. The van der Waals surface area contributed by atoms with Crippen molar-refractivity contribution in [1.82, 2.24) is 0 Å². The third kappa shape index (κ3) is 3.58. The molecule has 7 heteroatoms. The van der Waals surface area contributed by atoms with Gasteiger partial charge in [0.05, 0.1) is 11.8 Å². The molecule has 0 radical (unpaired) electrons. The summed E-state index contributed by atoms with van der Waals surface area (Å²) in [6.07, 6.45) is 2.88. The molecule has 6 atom stereocenters. The Morgan fingerprint density at radius 1 is 1.10 bits per heavy atom. The van der Waals surface area contributed by atoms with Gasteiger partial charge >= 0.3 is 6.18 Å². The number of hydrogen-bond acceptors (Lipinski definition) is 4. The third-order valence-corrected chi connectivity index (χ3v) is 7.69. The van der Waals surface area contributed by atoms with Crippen LogP contribution in [-0.2, 0) is 31.8 Å². The van der Waals surface area contributed by atoms with Gasteiger partial charge < -0.3 is 9.47 Å². The molecule has 2 bridgehead atoms. The standard InChI is InChI=1S/C24H29F3O4/c1-15-9-10-20-17(7-3-5-16-6-4-8-18(13-16)24(25,26)27)14-28-21-23(20)19(15)11-12-22(2,29-21)30-31-23/h4,6,8,13-15,19-21H,3,5,7,9-12H2,1-2H3. The fourth-order valence-corrected chi connectivity index (χ4v) is 6.06. The van der Waals surface area contributed by atoms with Crippen LogP contribution in [0.3, 0.4) is 0 Å². The SMILES string of the molecule is CC1CCC2C(CCCc3cccc(C(F)(F)F)c3)=COC3OC4(C)CCC1C32OO4. The Balaban J connectivity index is 1.33. The number of fused-ring (bicyclic) bond motifs is 2. The van der Waals surface area contributed by atoms with Crippen molar-refractivity contribution in [1.29, 1.82) is 0 Å². The van der Waals surface area contributed by atoms with Gasteiger partial charge in [0.15, 0.2) is 5.60 Å². The average Bonchev–Trinajstić information content (AvgIpc) is 2.96. The van der Waals surface area contributed by atoms with Crippen molar-refractivity contribution in [2.45, 2.75) is 82.6 Å². The Bertz CT molecular complexity index is 869. The molecule has 0 amide bonds. The lowest BCUT2D eigenvalue weighted by Gasteiger charge is -2.56. The smallest absolute Gasteiger partial charge is 0.416 e. The van der Waals surface area contributed by atoms with E-state index >= 15 is 0 Å². The van der Waals surface area contributed by atoms with E-state index in [0.29, 0.717) is 17.9 Å². The van der Waals surface area contributed by atoms with E-state index in [4.69, 9.17) is 19.2 Å². The van der Waals surface area contributed by atoms with Crippen LogP contribution in [0.5, 0.6) is 0 Å². The van der Waals surface area contributed by atoms with E-state index in [9.17, 15) is 13.2 Å². The minimum Gasteiger partial charge on any atom is -0.469 e. The molecular formula is C24H29F3O4. The second-order valence-electron chi connectivity index (χ2n) is 9.74. The molecule has 170 valence electrons. The van der Waals surface area contributed by atoms with Gasteiger partial charge in [0, 0.05) is 18.3 Å². The van der Waals surface area contributed by atoms with Gasteiger partial charge in [-0.1, -0.05) is 25.1 Å². The van der Waals surface area contributed by atoms with E-state index < -0.39 is 29.4 Å². The minimum absolute atomic E-state index is 0.136. The molecule has 1 aromatic rings. The highest BCUT2D eigenvalue weighted by Crippen LogP contribution is 2.59. The van der Waals surface area contributed by atoms with Gasteiger partial charge in [0.25, 0.3) is 0 Å². The van der Waals surface area contributed by atoms with Crippen LogP contribution < -0.4 is 0 Å². The Hall–Kier alpha value is -1.57. The number of aryl methyl sites for hydroxylation is 1. The fourth-order valence-electron chi connectivity index (χ4n) is 6.06. The van der Waals surface area contributed by atoms with Crippen LogP contribution in [0.15, 0.2) is 36.1 Å². The van der Waals surface area contributed by atoms with Crippen LogP contribution in [0.1, 0.15) is 63.5 Å². The van der Waals surface area contributed by atoms with Crippen LogP contribution >= 0.6 is 0 Å². The van der Waals surface area contributed by atoms with E-state index in [1.807, 2.05) is 13.2 Å². The van der Waals surface area contributed by atoms with E-state index in [0.717, 1.165) is 50.2 Å². The summed E-state index contributed by atoms with van der Waals surface area (Å²) >= 11 is 0. The van der Waals surface area contributed by atoms with Crippen molar-refractivity contribution in [2.75, 3.05) is 0 Å². The summed E-state index contributed by atoms with van der Waals surface area (Å²) in [7, 11) is 0. The lowest BCUT2D eigenvalue weighted by Crippen LogP contribution is -2.66. The molecular weight excluding hydrogens is 409 g/mol. The van der Waals surface area contributed by atoms with Gasteiger partial charge in [-0.05, 0) is 68.6 Å². The van der Waals surface area contributed by atoms with Gasteiger partial charge in [-0.25, -0.2) is 9.78 Å². The number of rotatable bonds is 4. The van der Waals surface area contributed by atoms with Crippen molar-refractivity contribution in [3.8, 4) is 0 Å². The topological polar surface area (TPSA) is 36.9 Å². The van der Waals surface area contributed by atoms with Gasteiger partial charge in [-0.2, -0.15) is 13.2 Å². The number of hydrogen-bond donors (Lipinski definition) is 0. The van der Waals surface area contributed by atoms with Crippen molar-refractivity contribution < 1.29 is 32.4 Å². The number of ether oxygens (including phenoxy) is 2. The first-order valence-corrected chi connectivity index (χ1v) is 11.3. The largest absolute Gasteiger partial charge is 0.469 e. The molecule has 6 rings (SSSR count). The Morgan fingerprint density at radius 3 is 2.74 bits per heavy atom. The highest BCUT2D eigenvalue weighted by atomic mass is 19.4. The van der Waals surface area contributed by atoms with Crippen molar-refractivity contribution >= 4 is 0 Å². The predicted molar refractivity (Wildman–Crippen MR) is 106 cm³/mol. The van der Waals surface area contributed by atoms with Gasteiger partial charge in [0.2, 0.25) is 12.1 Å². The zero-order valence-electron chi connectivity index (χ0n) is 17.9. The molecule has 0 N–H and O–H groups in total. The maximum atomic E-state index is 13.0. The molecule has 4 heterocycles. The lowest BCUT2D eigenvalue weighted by molar-refractivity contribution is -0.555. The molecule has 1 saturated carbocycles. The highest BCUT2D eigenvalue weighted by Gasteiger charge is 2.67. The summed E-state index contributed by atoms with van der Waals surface area (Å²) in [5.74, 6) is 0.121. The lowest BCUT2D eigenvalue weighted by atomic mass is 9.59. The molecule has 0 aromatic heterocycles. The number of benzene rings is 1. The van der Waals surface area contributed by atoms with Crippen LogP contribution in [0, 0.1) is 17.8 Å². The monoisotopic (exact) mass is 438 g/mol. The first-order chi connectivity index (χ1) is 14.7. The first-order valence-electron chi connectivity index (χ1n) is 11.3. The Labute approximate surface area is 180 Å². The number of halogens is 3. The van der Waals surface area contributed by atoms with E-state index in [-0.39, 0.29) is 11.8 Å². The van der Waals surface area contributed by atoms with Crippen molar-refractivity contribution in [2.24, 2.45) is 17.8 Å². The van der Waals surface area contributed by atoms with Gasteiger partial charge in [0.1, 0.15) is 0 Å². The maximum Gasteiger partial charge on any atom is 0.416 e. The molecule has 1 aliphatic carbocycles. The predicted octanol–water partition coefficient (Wildman–Crippen LogP) is 6.16. The van der Waals surface area contributed by atoms with Crippen LogP contribution in [0.4, 0.5) is 13.2 Å². The zero-order chi connectivity index (χ0) is 21.9. The maximum absolute atomic E-state index is 13.0. The van der Waals surface area contributed by atoms with Crippen LogP contribution in [0.2, 0.25) is 0 Å². The third-order valence-electron chi connectivity index (χ3n) is 7.69. The normalized spacial score (nSPS) is 39.3.